The molecule has 0 spiro atoms. The predicted molar refractivity (Wildman–Crippen MR) is 138 cm³/mol. The van der Waals surface area contributed by atoms with Gasteiger partial charge in [0.15, 0.2) is 0 Å². The molecular weight excluding hydrogens is 471 g/mol. The van der Waals surface area contributed by atoms with Crippen molar-refractivity contribution in [1.82, 2.24) is 24.5 Å². The van der Waals surface area contributed by atoms with Gasteiger partial charge in [0, 0.05) is 41.0 Å². The van der Waals surface area contributed by atoms with E-state index in [0.717, 1.165) is 40.7 Å². The number of amides is 1. The molecule has 37 heavy (non-hydrogen) atoms. The number of carbonyl (C=O) groups is 1. The summed E-state index contributed by atoms with van der Waals surface area (Å²) in [5, 5.41) is 22.4. The molecule has 8 nitrogen and oxygen atoms in total. The first-order chi connectivity index (χ1) is 17.8. The second-order valence-electron chi connectivity index (χ2n) is 10.0. The molecule has 1 saturated carbocycles. The summed E-state index contributed by atoms with van der Waals surface area (Å²) in [5.74, 6) is -0.823. The van der Waals surface area contributed by atoms with Crippen LogP contribution in [-0.2, 0) is 6.54 Å². The number of fused-ring (bicyclic) bond motifs is 2. The normalized spacial score (nSPS) is 20.0. The third kappa shape index (κ3) is 4.25. The summed E-state index contributed by atoms with van der Waals surface area (Å²) < 4.78 is 17.8. The maximum Gasteiger partial charge on any atom is 0.248 e. The molecule has 0 aliphatic heterocycles. The number of halogens is 1. The molecular formula is C28H27FN6O2. The van der Waals surface area contributed by atoms with Crippen LogP contribution in [-0.4, -0.2) is 41.2 Å². The minimum atomic E-state index is -1.03. The molecule has 2 atom stereocenters. The van der Waals surface area contributed by atoms with Crippen molar-refractivity contribution in [2.24, 2.45) is 5.73 Å². The number of aliphatic hydroxyl groups is 1. The number of rotatable bonds is 5. The number of hydrogen-bond donors (Lipinski definition) is 2. The van der Waals surface area contributed by atoms with Gasteiger partial charge < -0.3 is 10.8 Å². The summed E-state index contributed by atoms with van der Waals surface area (Å²) in [6.07, 6.45) is 6.13. The highest BCUT2D eigenvalue weighted by molar-refractivity contribution is 6.01. The Morgan fingerprint density at radius 2 is 2.05 bits per heavy atom. The van der Waals surface area contributed by atoms with Gasteiger partial charge in [-0.25, -0.2) is 4.39 Å². The van der Waals surface area contributed by atoms with Gasteiger partial charge in [0.25, 0.3) is 0 Å². The standard InChI is InChI=1S/C28H27FN6O2/c1-17-12-18(9-11-31-17)26-21-13-19(27(30)36)7-8-25(21)35(33-26)20-4-3-10-28(37,14-20)16-34-15-22-23(29)5-2-6-24(22)32-34/h2,5-9,11-13,15,20,37H,3-4,10,14,16H2,1H3,(H2,30,36). The van der Waals surface area contributed by atoms with Crippen molar-refractivity contribution in [3.8, 4) is 11.3 Å². The summed E-state index contributed by atoms with van der Waals surface area (Å²) in [5.41, 5.74) is 8.90. The molecule has 3 heterocycles. The van der Waals surface area contributed by atoms with E-state index in [9.17, 15) is 14.3 Å². The highest BCUT2D eigenvalue weighted by Crippen LogP contribution is 2.40. The van der Waals surface area contributed by atoms with Gasteiger partial charge in [0.05, 0.1) is 34.6 Å². The van der Waals surface area contributed by atoms with Gasteiger partial charge in [0.1, 0.15) is 11.5 Å². The number of primary amides is 1. The van der Waals surface area contributed by atoms with E-state index in [-0.39, 0.29) is 18.4 Å². The first-order valence-corrected chi connectivity index (χ1v) is 12.4. The molecule has 0 radical (unpaired) electrons. The Balaban J connectivity index is 1.38. The zero-order chi connectivity index (χ0) is 25.7. The smallest absolute Gasteiger partial charge is 0.248 e. The predicted octanol–water partition coefficient (Wildman–Crippen LogP) is 4.54. The van der Waals surface area contributed by atoms with Crippen LogP contribution < -0.4 is 5.73 Å². The first kappa shape index (κ1) is 23.3. The fraction of sp³-hybridized carbons (Fsp3) is 0.286. The monoisotopic (exact) mass is 498 g/mol. The van der Waals surface area contributed by atoms with Crippen molar-refractivity contribution in [2.75, 3.05) is 0 Å². The van der Waals surface area contributed by atoms with E-state index in [1.54, 1.807) is 41.3 Å². The number of aromatic nitrogens is 5. The van der Waals surface area contributed by atoms with Gasteiger partial charge in [0.2, 0.25) is 5.91 Å². The molecule has 1 aliphatic rings. The van der Waals surface area contributed by atoms with Crippen molar-refractivity contribution in [3.63, 3.8) is 0 Å². The molecule has 6 rings (SSSR count). The van der Waals surface area contributed by atoms with Gasteiger partial charge in [-0.2, -0.15) is 10.2 Å². The van der Waals surface area contributed by atoms with Crippen LogP contribution in [0.3, 0.4) is 0 Å². The highest BCUT2D eigenvalue weighted by Gasteiger charge is 2.37. The first-order valence-electron chi connectivity index (χ1n) is 12.4. The Hall–Kier alpha value is -4.11. The Labute approximate surface area is 212 Å². The number of pyridine rings is 1. The third-order valence-electron chi connectivity index (χ3n) is 7.30. The minimum Gasteiger partial charge on any atom is -0.388 e. The number of nitrogens with two attached hydrogens (primary N) is 1. The fourth-order valence-corrected chi connectivity index (χ4v) is 5.58. The topological polar surface area (TPSA) is 112 Å². The Bertz CT molecular complexity index is 1660. The van der Waals surface area contributed by atoms with E-state index in [1.807, 2.05) is 29.8 Å². The summed E-state index contributed by atoms with van der Waals surface area (Å²) in [4.78, 5) is 16.2. The van der Waals surface area contributed by atoms with Crippen molar-refractivity contribution in [3.05, 3.63) is 78.0 Å². The average Bonchev–Trinajstić information content (AvgIpc) is 3.45. The van der Waals surface area contributed by atoms with Crippen LogP contribution in [0.15, 0.2) is 60.9 Å². The maximum absolute atomic E-state index is 14.2. The molecule has 188 valence electrons. The molecule has 5 aromatic rings. The molecule has 1 aliphatic carbocycles. The molecule has 2 unspecified atom stereocenters. The molecule has 1 fully saturated rings. The van der Waals surface area contributed by atoms with E-state index in [4.69, 9.17) is 10.8 Å². The van der Waals surface area contributed by atoms with Crippen LogP contribution in [0, 0.1) is 12.7 Å². The molecule has 9 heteroatoms. The number of nitrogens with zero attached hydrogens (tertiary/aromatic N) is 5. The van der Waals surface area contributed by atoms with Gasteiger partial charge in [-0.1, -0.05) is 6.07 Å². The van der Waals surface area contributed by atoms with Crippen LogP contribution in [0.2, 0.25) is 0 Å². The lowest BCUT2D eigenvalue weighted by atomic mass is 9.81. The zero-order valence-corrected chi connectivity index (χ0v) is 20.4. The molecule has 0 saturated heterocycles. The largest absolute Gasteiger partial charge is 0.388 e. The average molecular weight is 499 g/mol. The van der Waals surface area contributed by atoms with Gasteiger partial charge in [-0.15, -0.1) is 0 Å². The minimum absolute atomic E-state index is 0.0703. The number of aryl methyl sites for hydroxylation is 1. The molecule has 1 amide bonds. The zero-order valence-electron chi connectivity index (χ0n) is 20.4. The summed E-state index contributed by atoms with van der Waals surface area (Å²) in [7, 11) is 0. The quantitative estimate of drug-likeness (QED) is 0.370. The van der Waals surface area contributed by atoms with Crippen LogP contribution in [0.5, 0.6) is 0 Å². The Morgan fingerprint density at radius 3 is 2.84 bits per heavy atom. The van der Waals surface area contributed by atoms with E-state index in [0.29, 0.717) is 29.3 Å². The van der Waals surface area contributed by atoms with Gasteiger partial charge in [-0.05, 0) is 68.7 Å². The van der Waals surface area contributed by atoms with Crippen molar-refractivity contribution in [2.45, 2.75) is 50.8 Å². The van der Waals surface area contributed by atoms with Crippen LogP contribution in [0.25, 0.3) is 33.1 Å². The third-order valence-corrected chi connectivity index (χ3v) is 7.30. The molecule has 0 bridgehead atoms. The fourth-order valence-electron chi connectivity index (χ4n) is 5.58. The lowest BCUT2D eigenvalue weighted by molar-refractivity contribution is -0.0309. The number of benzene rings is 2. The second-order valence-corrected chi connectivity index (χ2v) is 10.0. The van der Waals surface area contributed by atoms with Crippen molar-refractivity contribution in [1.29, 1.82) is 0 Å². The molecule has 2 aromatic carbocycles. The van der Waals surface area contributed by atoms with Crippen molar-refractivity contribution >= 4 is 27.7 Å². The SMILES string of the molecule is Cc1cc(-c2nn(C3CCCC(O)(Cn4cc5c(F)cccc5n4)C3)c3ccc(C(N)=O)cc23)ccn1. The number of hydrogen-bond acceptors (Lipinski definition) is 5. The van der Waals surface area contributed by atoms with Crippen LogP contribution >= 0.6 is 0 Å². The lowest BCUT2D eigenvalue weighted by Gasteiger charge is -2.37. The van der Waals surface area contributed by atoms with Crippen LogP contribution in [0.4, 0.5) is 4.39 Å². The van der Waals surface area contributed by atoms with Crippen LogP contribution in [0.1, 0.15) is 47.8 Å². The Morgan fingerprint density at radius 1 is 1.19 bits per heavy atom. The van der Waals surface area contributed by atoms with E-state index in [1.165, 1.54) is 6.07 Å². The van der Waals surface area contributed by atoms with Gasteiger partial charge >= 0.3 is 0 Å². The van der Waals surface area contributed by atoms with Gasteiger partial charge in [-0.3, -0.25) is 19.1 Å². The summed E-state index contributed by atoms with van der Waals surface area (Å²) in [6.45, 7) is 2.18. The van der Waals surface area contributed by atoms with E-state index in [2.05, 4.69) is 10.1 Å². The summed E-state index contributed by atoms with van der Waals surface area (Å²) >= 11 is 0. The molecule has 3 aromatic heterocycles. The van der Waals surface area contributed by atoms with E-state index >= 15 is 0 Å². The Kier molecular flexibility index (Phi) is 5.52. The molecule has 3 N–H and O–H groups in total. The highest BCUT2D eigenvalue weighted by atomic mass is 19.1. The maximum atomic E-state index is 14.2. The van der Waals surface area contributed by atoms with Crippen molar-refractivity contribution < 1.29 is 14.3 Å². The summed E-state index contributed by atoms with van der Waals surface area (Å²) in [6, 6.07) is 14.0. The van der Waals surface area contributed by atoms with E-state index < -0.39 is 11.5 Å². The number of carbonyl (C=O) groups excluding carboxylic acids is 1. The second kappa shape index (κ2) is 8.77. The lowest BCUT2D eigenvalue weighted by Crippen LogP contribution is -2.40.